The van der Waals surface area contributed by atoms with Gasteiger partial charge in [0.2, 0.25) is 0 Å². The average molecular weight is 300 g/mol. The molecule has 0 saturated heterocycles. The summed E-state index contributed by atoms with van der Waals surface area (Å²) in [6.45, 7) is 10.4. The third kappa shape index (κ3) is 5.10. The molecule has 0 spiro atoms. The molecule has 0 aliphatic heterocycles. The van der Waals surface area contributed by atoms with Crippen LogP contribution in [0.4, 0.5) is 0 Å². The van der Waals surface area contributed by atoms with Crippen LogP contribution >= 0.6 is 11.6 Å². The number of hydrogen-bond donors (Lipinski definition) is 1. The molecule has 0 aromatic carbocycles. The van der Waals surface area contributed by atoms with Crippen molar-refractivity contribution >= 4 is 11.6 Å². The van der Waals surface area contributed by atoms with Gasteiger partial charge in [-0.3, -0.25) is 4.68 Å². The number of nitrogens with one attached hydrogen (secondary N) is 1. The minimum Gasteiger partial charge on any atom is -0.314 e. The van der Waals surface area contributed by atoms with Crippen molar-refractivity contribution in [1.29, 1.82) is 0 Å². The minimum atomic E-state index is 0.510. The zero-order chi connectivity index (χ0) is 15.0. The molecule has 0 radical (unpaired) electrons. The Hall–Kier alpha value is -0.540. The predicted molar refractivity (Wildman–Crippen MR) is 87.6 cm³/mol. The number of nitrogens with zero attached hydrogens (tertiary/aromatic N) is 2. The first-order chi connectivity index (χ1) is 9.63. The van der Waals surface area contributed by atoms with Crippen LogP contribution in [0.5, 0.6) is 0 Å². The highest BCUT2D eigenvalue weighted by molar-refractivity contribution is 6.31. The molecule has 1 heterocycles. The normalized spacial score (nSPS) is 12.8. The zero-order valence-corrected chi connectivity index (χ0v) is 14.3. The quantitative estimate of drug-likeness (QED) is 0.651. The van der Waals surface area contributed by atoms with Crippen LogP contribution < -0.4 is 5.32 Å². The van der Waals surface area contributed by atoms with Crippen LogP contribution in [-0.4, -0.2) is 22.4 Å². The van der Waals surface area contributed by atoms with Gasteiger partial charge in [-0.15, -0.1) is 0 Å². The van der Waals surface area contributed by atoms with E-state index in [9.17, 15) is 0 Å². The molecular weight excluding hydrogens is 270 g/mol. The number of aromatic nitrogens is 2. The molecule has 1 rings (SSSR count). The van der Waals surface area contributed by atoms with Crippen molar-refractivity contribution in [2.75, 3.05) is 6.54 Å². The molecule has 3 nitrogen and oxygen atoms in total. The lowest BCUT2D eigenvalue weighted by Gasteiger charge is -2.18. The molecule has 0 aliphatic carbocycles. The van der Waals surface area contributed by atoms with E-state index in [4.69, 9.17) is 11.6 Å². The summed E-state index contributed by atoms with van der Waals surface area (Å²) in [5, 5.41) is 8.95. The minimum absolute atomic E-state index is 0.510. The summed E-state index contributed by atoms with van der Waals surface area (Å²) < 4.78 is 2.05. The van der Waals surface area contributed by atoms with Crippen molar-refractivity contribution in [3.05, 3.63) is 16.4 Å². The van der Waals surface area contributed by atoms with E-state index in [0.717, 1.165) is 30.2 Å². The fourth-order valence-electron chi connectivity index (χ4n) is 2.68. The van der Waals surface area contributed by atoms with Gasteiger partial charge in [-0.1, -0.05) is 51.1 Å². The fraction of sp³-hybridized carbons (Fsp3) is 0.812. The van der Waals surface area contributed by atoms with Crippen LogP contribution in [0.1, 0.15) is 64.3 Å². The molecular formula is C16H30ClN3. The average Bonchev–Trinajstić information content (AvgIpc) is 2.71. The van der Waals surface area contributed by atoms with E-state index < -0.39 is 0 Å². The van der Waals surface area contributed by atoms with Crippen molar-refractivity contribution in [2.24, 2.45) is 0 Å². The SMILES string of the molecule is CCCCCCC(Cc1c(Cl)c(C)nn1CC)NCC. The van der Waals surface area contributed by atoms with Crippen molar-refractivity contribution in [3.63, 3.8) is 0 Å². The molecule has 1 aromatic heterocycles. The number of likely N-dealkylation sites (N-methyl/N-ethyl adjacent to an activating group) is 1. The molecule has 1 atom stereocenters. The molecule has 0 aliphatic rings. The number of hydrogen-bond acceptors (Lipinski definition) is 2. The summed E-state index contributed by atoms with van der Waals surface area (Å²) in [6, 6.07) is 0.510. The van der Waals surface area contributed by atoms with Gasteiger partial charge in [-0.2, -0.15) is 5.10 Å². The van der Waals surface area contributed by atoms with Gasteiger partial charge >= 0.3 is 0 Å². The van der Waals surface area contributed by atoms with Gasteiger partial charge < -0.3 is 5.32 Å². The third-order valence-corrected chi connectivity index (χ3v) is 4.28. The maximum absolute atomic E-state index is 6.41. The predicted octanol–water partition coefficient (Wildman–Crippen LogP) is 4.36. The molecule has 20 heavy (non-hydrogen) atoms. The Kier molecular flexibility index (Phi) is 8.24. The van der Waals surface area contributed by atoms with Crippen molar-refractivity contribution < 1.29 is 0 Å². The second-order valence-corrected chi connectivity index (χ2v) is 5.85. The van der Waals surface area contributed by atoms with Crippen LogP contribution in [0.15, 0.2) is 0 Å². The first-order valence-corrected chi connectivity index (χ1v) is 8.46. The molecule has 1 N–H and O–H groups in total. The van der Waals surface area contributed by atoms with Gasteiger partial charge in [0, 0.05) is 19.0 Å². The van der Waals surface area contributed by atoms with Gasteiger partial charge in [0.25, 0.3) is 0 Å². The molecule has 0 fully saturated rings. The summed E-state index contributed by atoms with van der Waals surface area (Å²) in [6.07, 6.45) is 7.46. The van der Waals surface area contributed by atoms with Crippen molar-refractivity contribution in [2.45, 2.75) is 78.8 Å². The Morgan fingerprint density at radius 2 is 1.95 bits per heavy atom. The van der Waals surface area contributed by atoms with Gasteiger partial charge in [0.1, 0.15) is 0 Å². The van der Waals surface area contributed by atoms with Crippen LogP contribution in [0.25, 0.3) is 0 Å². The van der Waals surface area contributed by atoms with E-state index in [1.54, 1.807) is 0 Å². The van der Waals surface area contributed by atoms with Crippen LogP contribution in [0.3, 0.4) is 0 Å². The molecule has 0 amide bonds. The Labute approximate surface area is 129 Å². The second kappa shape index (κ2) is 9.41. The standard InChI is InChI=1S/C16H30ClN3/c1-5-8-9-10-11-14(18-6-2)12-15-16(17)13(4)19-20(15)7-3/h14,18H,5-12H2,1-4H3. The lowest BCUT2D eigenvalue weighted by atomic mass is 10.0. The Balaban J connectivity index is 2.64. The summed E-state index contributed by atoms with van der Waals surface area (Å²) in [5.74, 6) is 0. The molecule has 1 unspecified atom stereocenters. The molecule has 1 aromatic rings. The highest BCUT2D eigenvalue weighted by Crippen LogP contribution is 2.22. The largest absolute Gasteiger partial charge is 0.314 e. The number of unbranched alkanes of at least 4 members (excludes halogenated alkanes) is 3. The highest BCUT2D eigenvalue weighted by atomic mass is 35.5. The second-order valence-electron chi connectivity index (χ2n) is 5.47. The summed E-state index contributed by atoms with van der Waals surface area (Å²) in [7, 11) is 0. The lowest BCUT2D eigenvalue weighted by Crippen LogP contribution is -2.31. The molecule has 0 bridgehead atoms. The first-order valence-electron chi connectivity index (χ1n) is 8.09. The van der Waals surface area contributed by atoms with Crippen LogP contribution in [0, 0.1) is 6.92 Å². The first kappa shape index (κ1) is 17.5. The number of rotatable bonds is 10. The number of aryl methyl sites for hydroxylation is 2. The number of halogens is 1. The van der Waals surface area contributed by atoms with Gasteiger partial charge in [0.05, 0.1) is 16.4 Å². The van der Waals surface area contributed by atoms with E-state index in [1.807, 2.05) is 11.6 Å². The van der Waals surface area contributed by atoms with Gasteiger partial charge in [-0.25, -0.2) is 0 Å². The van der Waals surface area contributed by atoms with E-state index >= 15 is 0 Å². The molecule has 116 valence electrons. The van der Waals surface area contributed by atoms with E-state index in [0.29, 0.717) is 6.04 Å². The monoisotopic (exact) mass is 299 g/mol. The fourth-order valence-corrected chi connectivity index (χ4v) is 2.89. The van der Waals surface area contributed by atoms with E-state index in [-0.39, 0.29) is 0 Å². The lowest BCUT2D eigenvalue weighted by molar-refractivity contribution is 0.449. The summed E-state index contributed by atoms with van der Waals surface area (Å²) in [4.78, 5) is 0. The Morgan fingerprint density at radius 3 is 2.55 bits per heavy atom. The summed E-state index contributed by atoms with van der Waals surface area (Å²) in [5.41, 5.74) is 2.14. The zero-order valence-electron chi connectivity index (χ0n) is 13.5. The Bertz CT molecular complexity index is 387. The smallest absolute Gasteiger partial charge is 0.0847 e. The molecule has 4 heteroatoms. The van der Waals surface area contributed by atoms with E-state index in [2.05, 4.69) is 31.2 Å². The topological polar surface area (TPSA) is 29.9 Å². The van der Waals surface area contributed by atoms with E-state index in [1.165, 1.54) is 37.8 Å². The van der Waals surface area contributed by atoms with Crippen molar-refractivity contribution in [3.8, 4) is 0 Å². The summed E-state index contributed by atoms with van der Waals surface area (Å²) >= 11 is 6.41. The highest BCUT2D eigenvalue weighted by Gasteiger charge is 2.17. The van der Waals surface area contributed by atoms with Crippen molar-refractivity contribution in [1.82, 2.24) is 15.1 Å². The van der Waals surface area contributed by atoms with Crippen LogP contribution in [0.2, 0.25) is 5.02 Å². The maximum Gasteiger partial charge on any atom is 0.0847 e. The Morgan fingerprint density at radius 1 is 1.20 bits per heavy atom. The maximum atomic E-state index is 6.41. The third-order valence-electron chi connectivity index (χ3n) is 3.79. The van der Waals surface area contributed by atoms with Crippen LogP contribution in [-0.2, 0) is 13.0 Å². The van der Waals surface area contributed by atoms with Gasteiger partial charge in [0.15, 0.2) is 0 Å². The van der Waals surface area contributed by atoms with Gasteiger partial charge in [-0.05, 0) is 26.8 Å². The molecule has 0 saturated carbocycles.